The van der Waals surface area contributed by atoms with Crippen LogP contribution >= 0.6 is 0 Å². The van der Waals surface area contributed by atoms with E-state index in [1.165, 1.54) is 0 Å². The first kappa shape index (κ1) is 22.2. The molecule has 30 heavy (non-hydrogen) atoms. The molecule has 0 aromatic heterocycles. The van der Waals surface area contributed by atoms with Gasteiger partial charge in [0.05, 0.1) is 25.2 Å². The number of methoxy groups -OCH3 is 1. The zero-order chi connectivity index (χ0) is 21.7. The molecule has 0 radical (unpaired) electrons. The van der Waals surface area contributed by atoms with Crippen molar-refractivity contribution in [1.82, 2.24) is 4.90 Å². The van der Waals surface area contributed by atoms with Crippen molar-refractivity contribution >= 4 is 15.7 Å². The number of nitrogens with zero attached hydrogens (tertiary/aromatic N) is 1. The Hall–Kier alpha value is -2.54. The van der Waals surface area contributed by atoms with Crippen LogP contribution in [-0.2, 0) is 16.4 Å². The first-order valence-corrected chi connectivity index (χ1v) is 12.0. The predicted octanol–water partition coefficient (Wildman–Crippen LogP) is 3.56. The molecule has 0 bridgehead atoms. The lowest BCUT2D eigenvalue weighted by molar-refractivity contribution is 0.0681. The number of sulfone groups is 1. The number of benzene rings is 2. The summed E-state index contributed by atoms with van der Waals surface area (Å²) in [5.41, 5.74) is 1.44. The van der Waals surface area contributed by atoms with Crippen LogP contribution in [0.15, 0.2) is 48.5 Å². The van der Waals surface area contributed by atoms with Crippen molar-refractivity contribution in [3.63, 3.8) is 0 Å². The Kier molecular flexibility index (Phi) is 7.02. The van der Waals surface area contributed by atoms with Crippen molar-refractivity contribution in [1.29, 1.82) is 0 Å². The van der Waals surface area contributed by atoms with Gasteiger partial charge in [0.2, 0.25) is 0 Å². The number of hydrogen-bond acceptors (Lipinski definition) is 5. The molecule has 1 aliphatic heterocycles. The van der Waals surface area contributed by atoms with Crippen molar-refractivity contribution in [3.8, 4) is 11.5 Å². The molecular weight excluding hydrogens is 402 g/mol. The summed E-state index contributed by atoms with van der Waals surface area (Å²) in [7, 11) is -1.52. The molecule has 0 N–H and O–H groups in total. The van der Waals surface area contributed by atoms with Gasteiger partial charge in [-0.15, -0.1) is 0 Å². The van der Waals surface area contributed by atoms with E-state index in [1.807, 2.05) is 24.3 Å². The molecule has 0 aliphatic carbocycles. The molecule has 1 amide bonds. The highest BCUT2D eigenvalue weighted by atomic mass is 32.2. The molecule has 1 aliphatic rings. The molecule has 6 nitrogen and oxygen atoms in total. The smallest absolute Gasteiger partial charge is 0.254 e. The highest BCUT2D eigenvalue weighted by Crippen LogP contribution is 2.24. The molecule has 1 heterocycles. The lowest BCUT2D eigenvalue weighted by atomic mass is 10.1. The fraction of sp³-hybridized carbons (Fsp3) is 0.435. The van der Waals surface area contributed by atoms with Crippen LogP contribution in [0, 0.1) is 5.92 Å². The normalized spacial score (nSPS) is 17.7. The number of carbonyl (C=O) groups is 1. The van der Waals surface area contributed by atoms with Gasteiger partial charge in [0, 0.05) is 18.2 Å². The third kappa shape index (κ3) is 5.75. The standard InChI is InChI=1S/C23H29NO5S/c1-17(2)15-29-22-10-6-19(7-11-22)23(25)24(20-12-13-30(26,27)16-20)14-18-4-8-21(28-3)9-5-18/h4-11,17,20H,12-16H2,1-3H3. The van der Waals surface area contributed by atoms with Crippen molar-refractivity contribution < 1.29 is 22.7 Å². The zero-order valence-electron chi connectivity index (χ0n) is 17.7. The molecule has 162 valence electrons. The Labute approximate surface area is 178 Å². The molecule has 7 heteroatoms. The van der Waals surface area contributed by atoms with Gasteiger partial charge >= 0.3 is 0 Å². The van der Waals surface area contributed by atoms with E-state index in [1.54, 1.807) is 36.3 Å². The zero-order valence-corrected chi connectivity index (χ0v) is 18.5. The van der Waals surface area contributed by atoms with Crippen LogP contribution in [0.5, 0.6) is 11.5 Å². The van der Waals surface area contributed by atoms with Gasteiger partial charge in [-0.2, -0.15) is 0 Å². The first-order chi connectivity index (χ1) is 14.3. The van der Waals surface area contributed by atoms with Crippen LogP contribution in [0.1, 0.15) is 36.2 Å². The Balaban J connectivity index is 1.80. The molecular formula is C23H29NO5S. The number of amides is 1. The fourth-order valence-corrected chi connectivity index (χ4v) is 5.17. The molecule has 1 atom stereocenters. The third-order valence-corrected chi connectivity index (χ3v) is 6.86. The summed E-state index contributed by atoms with van der Waals surface area (Å²) in [4.78, 5) is 15.0. The third-order valence-electron chi connectivity index (χ3n) is 5.11. The largest absolute Gasteiger partial charge is 0.497 e. The number of rotatable bonds is 8. The average Bonchev–Trinajstić information content (AvgIpc) is 3.10. The monoisotopic (exact) mass is 431 g/mol. The van der Waals surface area contributed by atoms with Gasteiger partial charge in [-0.05, 0) is 54.3 Å². The van der Waals surface area contributed by atoms with Gasteiger partial charge in [-0.1, -0.05) is 26.0 Å². The summed E-state index contributed by atoms with van der Waals surface area (Å²) >= 11 is 0. The minimum Gasteiger partial charge on any atom is -0.497 e. The molecule has 0 spiro atoms. The van der Waals surface area contributed by atoms with Crippen LogP contribution in [0.25, 0.3) is 0 Å². The summed E-state index contributed by atoms with van der Waals surface area (Å²) in [5, 5.41) is 0. The second-order valence-corrected chi connectivity index (χ2v) is 10.3. The van der Waals surface area contributed by atoms with Crippen LogP contribution in [0.3, 0.4) is 0 Å². The summed E-state index contributed by atoms with van der Waals surface area (Å²) in [6.07, 6.45) is 0.458. The second kappa shape index (κ2) is 9.51. The van der Waals surface area contributed by atoms with E-state index in [0.717, 1.165) is 11.3 Å². The van der Waals surface area contributed by atoms with Crippen molar-refractivity contribution in [2.45, 2.75) is 32.9 Å². The van der Waals surface area contributed by atoms with E-state index in [0.29, 0.717) is 36.8 Å². The maximum Gasteiger partial charge on any atom is 0.254 e. The molecule has 3 rings (SSSR count). The van der Waals surface area contributed by atoms with E-state index in [4.69, 9.17) is 9.47 Å². The minimum absolute atomic E-state index is 0.00444. The Bertz CT molecular complexity index is 952. The average molecular weight is 432 g/mol. The van der Waals surface area contributed by atoms with Crippen LogP contribution < -0.4 is 9.47 Å². The topological polar surface area (TPSA) is 72.9 Å². The van der Waals surface area contributed by atoms with Gasteiger partial charge in [0.15, 0.2) is 9.84 Å². The van der Waals surface area contributed by atoms with Crippen molar-refractivity contribution in [3.05, 3.63) is 59.7 Å². The first-order valence-electron chi connectivity index (χ1n) is 10.1. The second-order valence-electron chi connectivity index (χ2n) is 8.07. The maximum absolute atomic E-state index is 13.3. The summed E-state index contributed by atoms with van der Waals surface area (Å²) in [6.45, 7) is 5.10. The highest BCUT2D eigenvalue weighted by molar-refractivity contribution is 7.91. The Morgan fingerprint density at radius 3 is 2.23 bits per heavy atom. The molecule has 0 saturated carbocycles. The SMILES string of the molecule is COc1ccc(CN(C(=O)c2ccc(OCC(C)C)cc2)C2CCS(=O)(=O)C2)cc1. The highest BCUT2D eigenvalue weighted by Gasteiger charge is 2.35. The van der Waals surface area contributed by atoms with Gasteiger partial charge in [-0.25, -0.2) is 8.42 Å². The summed E-state index contributed by atoms with van der Waals surface area (Å²) in [6, 6.07) is 14.2. The number of hydrogen-bond donors (Lipinski definition) is 0. The van der Waals surface area contributed by atoms with Crippen LogP contribution in [0.2, 0.25) is 0 Å². The van der Waals surface area contributed by atoms with Crippen LogP contribution in [0.4, 0.5) is 0 Å². The van der Waals surface area contributed by atoms with E-state index in [2.05, 4.69) is 13.8 Å². The van der Waals surface area contributed by atoms with Gasteiger partial charge < -0.3 is 14.4 Å². The lowest BCUT2D eigenvalue weighted by Crippen LogP contribution is -2.40. The van der Waals surface area contributed by atoms with E-state index < -0.39 is 9.84 Å². The molecule has 2 aromatic carbocycles. The minimum atomic E-state index is -3.12. The molecule has 2 aromatic rings. The maximum atomic E-state index is 13.3. The fourth-order valence-electron chi connectivity index (χ4n) is 3.44. The molecule has 1 saturated heterocycles. The van der Waals surface area contributed by atoms with E-state index >= 15 is 0 Å². The number of ether oxygens (including phenoxy) is 2. The van der Waals surface area contributed by atoms with Gasteiger partial charge in [0.1, 0.15) is 11.5 Å². The summed E-state index contributed by atoms with van der Waals surface area (Å²) in [5.74, 6) is 1.80. The van der Waals surface area contributed by atoms with Gasteiger partial charge in [0.25, 0.3) is 5.91 Å². The predicted molar refractivity (Wildman–Crippen MR) is 117 cm³/mol. The molecule has 1 unspecified atom stereocenters. The quantitative estimate of drug-likeness (QED) is 0.639. The van der Waals surface area contributed by atoms with E-state index in [-0.39, 0.29) is 23.5 Å². The summed E-state index contributed by atoms with van der Waals surface area (Å²) < 4.78 is 35.0. The Morgan fingerprint density at radius 1 is 1.07 bits per heavy atom. The van der Waals surface area contributed by atoms with Crippen molar-refractivity contribution in [2.75, 3.05) is 25.2 Å². The lowest BCUT2D eigenvalue weighted by Gasteiger charge is -2.28. The van der Waals surface area contributed by atoms with Gasteiger partial charge in [-0.3, -0.25) is 4.79 Å². The molecule has 1 fully saturated rings. The van der Waals surface area contributed by atoms with Crippen molar-refractivity contribution in [2.24, 2.45) is 5.92 Å². The van der Waals surface area contributed by atoms with Crippen LogP contribution in [-0.4, -0.2) is 50.5 Å². The van der Waals surface area contributed by atoms with E-state index in [9.17, 15) is 13.2 Å². The number of carbonyl (C=O) groups excluding carboxylic acids is 1. The Morgan fingerprint density at radius 2 is 1.70 bits per heavy atom.